The first kappa shape index (κ1) is 13.8. The van der Waals surface area contributed by atoms with E-state index in [1.54, 1.807) is 6.07 Å². The molecule has 1 heterocycles. The van der Waals surface area contributed by atoms with Gasteiger partial charge in [-0.1, -0.05) is 6.92 Å². The fourth-order valence-electron chi connectivity index (χ4n) is 2.54. The summed E-state index contributed by atoms with van der Waals surface area (Å²) in [6.45, 7) is 8.34. The van der Waals surface area contributed by atoms with Gasteiger partial charge >= 0.3 is 0 Å². The molecule has 0 saturated carbocycles. The summed E-state index contributed by atoms with van der Waals surface area (Å²) in [5.74, 6) is 0.521. The zero-order valence-electron chi connectivity index (χ0n) is 11.0. The first-order chi connectivity index (χ1) is 8.61. The van der Waals surface area contributed by atoms with E-state index in [1.807, 2.05) is 13.0 Å². The molecular formula is C14H20BrFN2. The van der Waals surface area contributed by atoms with E-state index in [0.29, 0.717) is 10.4 Å². The summed E-state index contributed by atoms with van der Waals surface area (Å²) in [6.07, 6.45) is 1.21. The molecule has 0 amide bonds. The van der Waals surface area contributed by atoms with Crippen molar-refractivity contribution in [3.8, 4) is 0 Å². The fourth-order valence-corrected chi connectivity index (χ4v) is 2.87. The van der Waals surface area contributed by atoms with Crippen LogP contribution in [0.15, 0.2) is 16.6 Å². The summed E-state index contributed by atoms with van der Waals surface area (Å²) < 4.78 is 14.0. The highest BCUT2D eigenvalue weighted by Crippen LogP contribution is 2.30. The van der Waals surface area contributed by atoms with Crippen LogP contribution in [-0.4, -0.2) is 26.2 Å². The highest BCUT2D eigenvalue weighted by Gasteiger charge is 2.23. The lowest BCUT2D eigenvalue weighted by Crippen LogP contribution is -2.26. The number of hydrogen-bond acceptors (Lipinski definition) is 2. The minimum Gasteiger partial charge on any atom is -0.371 e. The molecule has 0 aromatic heterocycles. The Kier molecular flexibility index (Phi) is 4.62. The molecule has 1 atom stereocenters. The number of aryl methyl sites for hydroxylation is 1. The Morgan fingerprint density at radius 3 is 3.00 bits per heavy atom. The van der Waals surface area contributed by atoms with Gasteiger partial charge < -0.3 is 10.2 Å². The number of anilines is 1. The third-order valence-corrected chi connectivity index (χ3v) is 4.16. The Hall–Kier alpha value is -0.610. The third-order valence-electron chi connectivity index (χ3n) is 3.55. The number of rotatable bonds is 4. The fraction of sp³-hybridized carbons (Fsp3) is 0.571. The molecule has 0 radical (unpaired) electrons. The number of nitrogens with one attached hydrogen (secondary N) is 1. The van der Waals surface area contributed by atoms with Gasteiger partial charge in [0.05, 0.1) is 4.47 Å². The lowest BCUT2D eigenvalue weighted by atomic mass is 10.1. The second-order valence-corrected chi connectivity index (χ2v) is 5.82. The topological polar surface area (TPSA) is 15.3 Å². The number of nitrogens with zero attached hydrogens (tertiary/aromatic N) is 1. The van der Waals surface area contributed by atoms with E-state index in [4.69, 9.17) is 0 Å². The minimum atomic E-state index is -0.181. The van der Waals surface area contributed by atoms with E-state index in [1.165, 1.54) is 6.42 Å². The van der Waals surface area contributed by atoms with Crippen LogP contribution in [0.4, 0.5) is 10.1 Å². The third kappa shape index (κ3) is 3.04. The summed E-state index contributed by atoms with van der Waals surface area (Å²) in [7, 11) is 0. The van der Waals surface area contributed by atoms with Crippen molar-refractivity contribution in [2.45, 2.75) is 20.3 Å². The van der Waals surface area contributed by atoms with Crippen molar-refractivity contribution < 1.29 is 4.39 Å². The van der Waals surface area contributed by atoms with Crippen molar-refractivity contribution in [3.63, 3.8) is 0 Å². The standard InChI is InChI=1S/C14H20BrFN2/c1-3-17-8-11-4-5-18(9-11)14-7-12(15)13(16)6-10(14)2/h6-7,11,17H,3-5,8-9H2,1-2H3. The number of halogens is 2. The van der Waals surface area contributed by atoms with E-state index in [-0.39, 0.29) is 5.82 Å². The summed E-state index contributed by atoms with van der Waals surface area (Å²) >= 11 is 3.27. The molecule has 0 spiro atoms. The Bertz CT molecular complexity index is 423. The molecule has 4 heteroatoms. The van der Waals surface area contributed by atoms with Crippen LogP contribution in [0.5, 0.6) is 0 Å². The lowest BCUT2D eigenvalue weighted by Gasteiger charge is -2.21. The van der Waals surface area contributed by atoms with Crippen LogP contribution in [0, 0.1) is 18.7 Å². The minimum absolute atomic E-state index is 0.181. The largest absolute Gasteiger partial charge is 0.371 e. The second-order valence-electron chi connectivity index (χ2n) is 4.96. The van der Waals surface area contributed by atoms with Crippen molar-refractivity contribution in [2.75, 3.05) is 31.1 Å². The van der Waals surface area contributed by atoms with Gasteiger partial charge in [0.15, 0.2) is 0 Å². The van der Waals surface area contributed by atoms with Gasteiger partial charge in [-0.05, 0) is 66.0 Å². The quantitative estimate of drug-likeness (QED) is 0.917. The molecule has 100 valence electrons. The van der Waals surface area contributed by atoms with E-state index in [0.717, 1.165) is 37.4 Å². The molecule has 2 rings (SSSR count). The van der Waals surface area contributed by atoms with Gasteiger partial charge in [0, 0.05) is 18.8 Å². The van der Waals surface area contributed by atoms with Crippen LogP contribution < -0.4 is 10.2 Å². The second kappa shape index (κ2) is 6.02. The maximum absolute atomic E-state index is 13.4. The first-order valence-electron chi connectivity index (χ1n) is 6.53. The normalized spacial score (nSPS) is 19.6. The average Bonchev–Trinajstić information content (AvgIpc) is 2.79. The van der Waals surface area contributed by atoms with Gasteiger partial charge in [-0.2, -0.15) is 0 Å². The SMILES string of the molecule is CCNCC1CCN(c2cc(Br)c(F)cc2C)C1. The molecule has 0 bridgehead atoms. The van der Waals surface area contributed by atoms with Crippen molar-refractivity contribution in [1.82, 2.24) is 5.32 Å². The molecule has 1 aromatic carbocycles. The van der Waals surface area contributed by atoms with Gasteiger partial charge in [0.2, 0.25) is 0 Å². The maximum atomic E-state index is 13.4. The van der Waals surface area contributed by atoms with E-state index in [2.05, 4.69) is 33.1 Å². The first-order valence-corrected chi connectivity index (χ1v) is 7.32. The Morgan fingerprint density at radius 2 is 2.28 bits per heavy atom. The smallest absolute Gasteiger partial charge is 0.137 e. The van der Waals surface area contributed by atoms with Crippen LogP contribution in [-0.2, 0) is 0 Å². The van der Waals surface area contributed by atoms with Gasteiger partial charge in [-0.25, -0.2) is 4.39 Å². The van der Waals surface area contributed by atoms with Gasteiger partial charge in [-0.15, -0.1) is 0 Å². The van der Waals surface area contributed by atoms with Crippen molar-refractivity contribution >= 4 is 21.6 Å². The highest BCUT2D eigenvalue weighted by atomic mass is 79.9. The van der Waals surface area contributed by atoms with Crippen molar-refractivity contribution in [1.29, 1.82) is 0 Å². The van der Waals surface area contributed by atoms with Crippen LogP contribution in [0.1, 0.15) is 18.9 Å². The summed E-state index contributed by atoms with van der Waals surface area (Å²) in [5, 5.41) is 3.40. The number of benzene rings is 1. The molecule has 1 aromatic rings. The zero-order chi connectivity index (χ0) is 13.1. The van der Waals surface area contributed by atoms with Crippen LogP contribution in [0.3, 0.4) is 0 Å². The molecule has 1 fully saturated rings. The molecule has 0 aliphatic carbocycles. The zero-order valence-corrected chi connectivity index (χ0v) is 12.6. The Morgan fingerprint density at radius 1 is 1.50 bits per heavy atom. The molecule has 1 unspecified atom stereocenters. The summed E-state index contributed by atoms with van der Waals surface area (Å²) in [4.78, 5) is 2.36. The Balaban J connectivity index is 2.07. The molecule has 1 saturated heterocycles. The van der Waals surface area contributed by atoms with Crippen LogP contribution >= 0.6 is 15.9 Å². The predicted molar refractivity (Wildman–Crippen MR) is 77.7 cm³/mol. The maximum Gasteiger partial charge on any atom is 0.137 e. The van der Waals surface area contributed by atoms with Gasteiger partial charge in [-0.3, -0.25) is 0 Å². The van der Waals surface area contributed by atoms with E-state index >= 15 is 0 Å². The average molecular weight is 315 g/mol. The van der Waals surface area contributed by atoms with Gasteiger partial charge in [0.25, 0.3) is 0 Å². The lowest BCUT2D eigenvalue weighted by molar-refractivity contribution is 0.527. The molecule has 2 nitrogen and oxygen atoms in total. The van der Waals surface area contributed by atoms with E-state index < -0.39 is 0 Å². The molecule has 1 aliphatic rings. The van der Waals surface area contributed by atoms with E-state index in [9.17, 15) is 4.39 Å². The van der Waals surface area contributed by atoms with Crippen LogP contribution in [0.25, 0.3) is 0 Å². The summed E-state index contributed by atoms with van der Waals surface area (Å²) in [6, 6.07) is 3.51. The predicted octanol–water partition coefficient (Wildman–Crippen LogP) is 3.33. The highest BCUT2D eigenvalue weighted by molar-refractivity contribution is 9.10. The van der Waals surface area contributed by atoms with Gasteiger partial charge in [0.1, 0.15) is 5.82 Å². The Labute approximate surface area is 117 Å². The monoisotopic (exact) mass is 314 g/mol. The molecular weight excluding hydrogens is 295 g/mol. The molecule has 1 N–H and O–H groups in total. The molecule has 18 heavy (non-hydrogen) atoms. The van der Waals surface area contributed by atoms with Crippen molar-refractivity contribution in [2.24, 2.45) is 5.92 Å². The molecule has 1 aliphatic heterocycles. The van der Waals surface area contributed by atoms with Crippen LogP contribution in [0.2, 0.25) is 0 Å². The summed E-state index contributed by atoms with van der Waals surface area (Å²) in [5.41, 5.74) is 2.17. The number of hydrogen-bond donors (Lipinski definition) is 1. The van der Waals surface area contributed by atoms with Crippen molar-refractivity contribution in [3.05, 3.63) is 28.0 Å².